The van der Waals surface area contributed by atoms with Gasteiger partial charge in [0, 0.05) is 34.0 Å². The molecule has 0 unspecified atom stereocenters. The van der Waals surface area contributed by atoms with E-state index in [9.17, 15) is 4.79 Å². The average Bonchev–Trinajstić information content (AvgIpc) is 3.22. The van der Waals surface area contributed by atoms with Crippen molar-refractivity contribution in [3.05, 3.63) is 98.4 Å². The van der Waals surface area contributed by atoms with E-state index in [2.05, 4.69) is 31.9 Å². The summed E-state index contributed by atoms with van der Waals surface area (Å²) < 4.78 is 13.8. The molecule has 0 aromatic heterocycles. The highest BCUT2D eigenvalue weighted by molar-refractivity contribution is 9.10. The second-order valence-corrected chi connectivity index (χ2v) is 9.74. The van der Waals surface area contributed by atoms with Gasteiger partial charge in [-0.05, 0) is 53.6 Å². The van der Waals surface area contributed by atoms with Crippen LogP contribution < -0.4 is 10.5 Å². The lowest BCUT2D eigenvalue weighted by Gasteiger charge is -2.29. The second kappa shape index (κ2) is 10.7. The minimum Gasteiger partial charge on any atom is -0.494 e. The zero-order valence-corrected chi connectivity index (χ0v) is 21.5. The maximum absolute atomic E-state index is 13.0. The summed E-state index contributed by atoms with van der Waals surface area (Å²) in [6.45, 7) is 0.503. The van der Waals surface area contributed by atoms with E-state index in [4.69, 9.17) is 25.3 Å². The number of carbonyl (C=O) groups excluding carboxylic acids is 1. The topological polar surface area (TPSA) is 94.1 Å². The Morgan fingerprint density at radius 2 is 1.76 bits per heavy atom. The van der Waals surface area contributed by atoms with Crippen LogP contribution in [0, 0.1) is 0 Å². The molecular formula is C26H24Br2N2O4. The van der Waals surface area contributed by atoms with Crippen LogP contribution in [0.25, 0.3) is 0 Å². The van der Waals surface area contributed by atoms with Crippen LogP contribution in [0.5, 0.6) is 5.75 Å². The molecule has 0 fully saturated rings. The molecule has 1 heterocycles. The molecule has 4 rings (SSSR count). The summed E-state index contributed by atoms with van der Waals surface area (Å²) in [5, 5.41) is 8.93. The lowest BCUT2D eigenvalue weighted by Crippen LogP contribution is -2.47. The third-order valence-corrected chi connectivity index (χ3v) is 6.96. The van der Waals surface area contributed by atoms with Crippen LogP contribution in [-0.4, -0.2) is 35.7 Å². The van der Waals surface area contributed by atoms with E-state index < -0.39 is 17.6 Å². The van der Waals surface area contributed by atoms with E-state index in [0.717, 1.165) is 20.1 Å². The first-order valence-corrected chi connectivity index (χ1v) is 12.4. The highest BCUT2D eigenvalue weighted by atomic mass is 79.9. The molecular weight excluding hydrogens is 564 g/mol. The van der Waals surface area contributed by atoms with Gasteiger partial charge in [0.15, 0.2) is 11.6 Å². The quantitative estimate of drug-likeness (QED) is 0.346. The average molecular weight is 588 g/mol. The molecule has 1 aliphatic heterocycles. The molecule has 0 radical (unpaired) electrons. The van der Waals surface area contributed by atoms with E-state index in [1.165, 1.54) is 0 Å². The van der Waals surface area contributed by atoms with Crippen LogP contribution in [0.4, 0.5) is 0 Å². The van der Waals surface area contributed by atoms with Crippen LogP contribution >= 0.6 is 31.9 Å². The van der Waals surface area contributed by atoms with Crippen molar-refractivity contribution in [3.8, 4) is 5.75 Å². The Morgan fingerprint density at radius 3 is 2.41 bits per heavy atom. The van der Waals surface area contributed by atoms with E-state index in [-0.39, 0.29) is 13.0 Å². The summed E-state index contributed by atoms with van der Waals surface area (Å²) in [5.74, 6) is 0.463. The third kappa shape index (κ3) is 5.19. The van der Waals surface area contributed by atoms with Gasteiger partial charge in [-0.25, -0.2) is 4.99 Å². The number of nitrogens with zero attached hydrogens (tertiary/aromatic N) is 1. The number of primary amides is 1. The molecule has 0 spiro atoms. The van der Waals surface area contributed by atoms with E-state index in [0.29, 0.717) is 30.2 Å². The zero-order valence-electron chi connectivity index (χ0n) is 18.3. The van der Waals surface area contributed by atoms with Gasteiger partial charge >= 0.3 is 0 Å². The highest BCUT2D eigenvalue weighted by Gasteiger charge is 2.52. The minimum atomic E-state index is -1.33. The number of carbonyl (C=O) groups is 1. The molecule has 3 aromatic rings. The lowest BCUT2D eigenvalue weighted by molar-refractivity contribution is -0.125. The molecule has 1 amide bonds. The van der Waals surface area contributed by atoms with Gasteiger partial charge in [0.1, 0.15) is 5.75 Å². The Balaban J connectivity index is 1.73. The predicted molar refractivity (Wildman–Crippen MR) is 138 cm³/mol. The fraction of sp³-hybridized carbons (Fsp3) is 0.231. The molecule has 0 bridgehead atoms. The number of aliphatic hydroxyl groups excluding tert-OH is 1. The number of hydrogen-bond acceptors (Lipinski definition) is 5. The molecule has 0 saturated carbocycles. The van der Waals surface area contributed by atoms with Gasteiger partial charge in [0.05, 0.1) is 6.61 Å². The zero-order chi connectivity index (χ0) is 24.1. The van der Waals surface area contributed by atoms with Crippen LogP contribution in [0.2, 0.25) is 0 Å². The molecule has 8 heteroatoms. The van der Waals surface area contributed by atoms with Crippen molar-refractivity contribution < 1.29 is 19.4 Å². The van der Waals surface area contributed by atoms with E-state index >= 15 is 0 Å². The van der Waals surface area contributed by atoms with Crippen molar-refractivity contribution in [2.45, 2.75) is 24.5 Å². The fourth-order valence-electron chi connectivity index (χ4n) is 3.87. The van der Waals surface area contributed by atoms with E-state index in [1.54, 1.807) is 0 Å². The number of amides is 1. The molecule has 0 saturated heterocycles. The van der Waals surface area contributed by atoms with Crippen molar-refractivity contribution >= 4 is 43.7 Å². The summed E-state index contributed by atoms with van der Waals surface area (Å²) in [6.07, 6.45) is 0.138. The number of nitrogens with two attached hydrogens (primary N) is 1. The minimum absolute atomic E-state index is 0.0763. The van der Waals surface area contributed by atoms with Crippen LogP contribution in [0.3, 0.4) is 0 Å². The maximum atomic E-state index is 13.0. The van der Waals surface area contributed by atoms with Crippen molar-refractivity contribution in [1.29, 1.82) is 0 Å². The smallest absolute Gasteiger partial charge is 0.250 e. The van der Waals surface area contributed by atoms with Gasteiger partial charge < -0.3 is 20.3 Å². The van der Waals surface area contributed by atoms with Gasteiger partial charge in [-0.15, -0.1) is 0 Å². The molecule has 176 valence electrons. The molecule has 1 aliphatic rings. The lowest BCUT2D eigenvalue weighted by atomic mass is 9.82. The van der Waals surface area contributed by atoms with Crippen molar-refractivity contribution in [3.63, 3.8) is 0 Å². The van der Waals surface area contributed by atoms with E-state index in [1.807, 2.05) is 72.8 Å². The number of ether oxygens (including phenoxy) is 2. The van der Waals surface area contributed by atoms with Crippen LogP contribution in [0.15, 0.2) is 86.7 Å². The SMILES string of the molecule is NC(=O)[C@]1(Cc2ccccc2Br)N=C(c2ccc(OCCCO)cc2)O[C@@H]1c1ccc(Br)cc1. The van der Waals surface area contributed by atoms with Crippen molar-refractivity contribution in [1.82, 2.24) is 0 Å². The first kappa shape index (κ1) is 24.4. The highest BCUT2D eigenvalue weighted by Crippen LogP contribution is 2.43. The summed E-state index contributed by atoms with van der Waals surface area (Å²) in [4.78, 5) is 17.9. The van der Waals surface area contributed by atoms with Gasteiger partial charge in [0.2, 0.25) is 11.8 Å². The molecule has 3 N–H and O–H groups in total. The Bertz CT molecular complexity index is 1180. The first-order valence-electron chi connectivity index (χ1n) is 10.8. The summed E-state index contributed by atoms with van der Waals surface area (Å²) >= 11 is 7.04. The molecule has 3 aromatic carbocycles. The van der Waals surface area contributed by atoms with Crippen molar-refractivity contribution in [2.75, 3.05) is 13.2 Å². The number of hydrogen-bond donors (Lipinski definition) is 2. The fourth-order valence-corrected chi connectivity index (χ4v) is 4.56. The maximum Gasteiger partial charge on any atom is 0.250 e. The summed E-state index contributed by atoms with van der Waals surface area (Å²) in [6, 6.07) is 22.6. The van der Waals surface area contributed by atoms with Crippen LogP contribution in [-0.2, 0) is 16.0 Å². The number of halogens is 2. The van der Waals surface area contributed by atoms with Gasteiger partial charge in [-0.3, -0.25) is 4.79 Å². The number of aliphatic hydroxyl groups is 1. The Hall–Kier alpha value is -2.68. The second-order valence-electron chi connectivity index (χ2n) is 7.97. The summed E-state index contributed by atoms with van der Waals surface area (Å²) in [7, 11) is 0. The number of benzene rings is 3. The largest absolute Gasteiger partial charge is 0.494 e. The molecule has 34 heavy (non-hydrogen) atoms. The normalized spacial score (nSPS) is 19.4. The predicted octanol–water partition coefficient (Wildman–Crippen LogP) is 4.96. The summed E-state index contributed by atoms with van der Waals surface area (Å²) in [5.41, 5.74) is 7.12. The first-order chi connectivity index (χ1) is 16.4. The molecule has 6 nitrogen and oxygen atoms in total. The van der Waals surface area contributed by atoms with Gasteiger partial charge in [-0.2, -0.15) is 0 Å². The van der Waals surface area contributed by atoms with Crippen molar-refractivity contribution in [2.24, 2.45) is 10.7 Å². The molecule has 2 atom stereocenters. The standard InChI is InChI=1S/C26H24Br2N2O4/c27-20-10-6-17(7-11-20)23-26(25(29)32,16-19-4-1-2-5-22(19)28)30-24(34-23)18-8-12-21(13-9-18)33-15-3-14-31/h1-2,4-13,23,31H,3,14-16H2,(H2,29,32)/t23-,26-/m1/s1. The van der Waals surface area contributed by atoms with Gasteiger partial charge in [0.25, 0.3) is 0 Å². The van der Waals surface area contributed by atoms with Crippen LogP contribution in [0.1, 0.15) is 29.2 Å². The third-order valence-electron chi connectivity index (χ3n) is 5.65. The monoisotopic (exact) mass is 586 g/mol. The Kier molecular flexibility index (Phi) is 7.70. The Morgan fingerprint density at radius 1 is 1.06 bits per heavy atom. The molecule has 0 aliphatic carbocycles. The number of rotatable bonds is 9. The Labute approximate surface area is 215 Å². The number of aliphatic imine (C=N–C) groups is 1. The van der Waals surface area contributed by atoms with Gasteiger partial charge in [-0.1, -0.05) is 62.2 Å².